The first-order chi connectivity index (χ1) is 8.43. The van der Waals surface area contributed by atoms with Crippen LogP contribution in [-0.2, 0) is 0 Å². The summed E-state index contributed by atoms with van der Waals surface area (Å²) in [5.74, 6) is 0.691. The van der Waals surface area contributed by atoms with Gasteiger partial charge < -0.3 is 10.6 Å². The summed E-state index contributed by atoms with van der Waals surface area (Å²) < 4.78 is 0. The largest absolute Gasteiger partial charge is 0.323 e. The predicted molar refractivity (Wildman–Crippen MR) is 79.8 cm³/mol. The van der Waals surface area contributed by atoms with Crippen molar-refractivity contribution < 1.29 is 0 Å². The summed E-state index contributed by atoms with van der Waals surface area (Å²) in [6.45, 7) is 14.1. The maximum Gasteiger partial charge on any atom is 0.0427 e. The van der Waals surface area contributed by atoms with Gasteiger partial charge in [0.2, 0.25) is 0 Å². The van der Waals surface area contributed by atoms with Crippen LogP contribution in [0.4, 0.5) is 0 Å². The Bertz CT molecular complexity index is 371. The highest BCUT2D eigenvalue weighted by Gasteiger charge is 2.14. The van der Waals surface area contributed by atoms with Crippen molar-refractivity contribution in [1.82, 2.24) is 4.90 Å². The predicted octanol–water partition coefficient (Wildman–Crippen LogP) is 3.28. The lowest BCUT2D eigenvalue weighted by molar-refractivity contribution is 0.242. The van der Waals surface area contributed by atoms with Crippen LogP contribution in [-0.4, -0.2) is 24.5 Å². The van der Waals surface area contributed by atoms with Gasteiger partial charge in [-0.25, -0.2) is 0 Å². The topological polar surface area (TPSA) is 29.3 Å². The quantitative estimate of drug-likeness (QED) is 0.837. The lowest BCUT2D eigenvalue weighted by Crippen LogP contribution is -2.35. The Morgan fingerprint density at radius 2 is 1.83 bits per heavy atom. The van der Waals surface area contributed by atoms with Crippen molar-refractivity contribution >= 4 is 0 Å². The zero-order valence-electron chi connectivity index (χ0n) is 12.5. The molecule has 0 heterocycles. The Morgan fingerprint density at radius 3 is 2.39 bits per heavy atom. The number of nitrogens with zero attached hydrogens (tertiary/aromatic N) is 1. The van der Waals surface area contributed by atoms with Crippen LogP contribution >= 0.6 is 0 Å². The van der Waals surface area contributed by atoms with Crippen LogP contribution in [0.15, 0.2) is 18.2 Å². The smallest absolute Gasteiger partial charge is 0.0427 e. The first-order valence-electron chi connectivity index (χ1n) is 6.99. The molecule has 0 fully saturated rings. The Balaban J connectivity index is 2.74. The first kappa shape index (κ1) is 15.2. The molecule has 0 saturated heterocycles. The zero-order valence-corrected chi connectivity index (χ0v) is 12.5. The molecule has 2 heteroatoms. The van der Waals surface area contributed by atoms with Crippen LogP contribution in [0, 0.1) is 19.8 Å². The highest BCUT2D eigenvalue weighted by molar-refractivity contribution is 5.33. The molecule has 0 saturated carbocycles. The minimum absolute atomic E-state index is 0.114. The standard InChI is InChI=1S/C16H28N2/c1-6-18(10-12(2)3)11-16(17)15-9-13(4)7-8-14(15)5/h7-9,12,16H,6,10-11,17H2,1-5H3. The molecule has 0 aromatic heterocycles. The number of benzene rings is 1. The molecule has 102 valence electrons. The number of rotatable bonds is 6. The minimum Gasteiger partial charge on any atom is -0.323 e. The number of hydrogen-bond donors (Lipinski definition) is 1. The highest BCUT2D eigenvalue weighted by Crippen LogP contribution is 2.18. The number of nitrogens with two attached hydrogens (primary N) is 1. The lowest BCUT2D eigenvalue weighted by Gasteiger charge is -2.27. The molecule has 1 aromatic rings. The molecule has 0 aliphatic heterocycles. The molecule has 0 bridgehead atoms. The van der Waals surface area contributed by atoms with Crippen LogP contribution < -0.4 is 5.73 Å². The van der Waals surface area contributed by atoms with E-state index in [9.17, 15) is 0 Å². The third-order valence-corrected chi connectivity index (χ3v) is 3.36. The second-order valence-electron chi connectivity index (χ2n) is 5.71. The molecule has 1 rings (SSSR count). The van der Waals surface area contributed by atoms with Gasteiger partial charge >= 0.3 is 0 Å². The second-order valence-corrected chi connectivity index (χ2v) is 5.71. The van der Waals surface area contributed by atoms with Crippen molar-refractivity contribution in [3.63, 3.8) is 0 Å². The number of likely N-dealkylation sites (N-methyl/N-ethyl adjacent to an activating group) is 1. The van der Waals surface area contributed by atoms with Gasteiger partial charge in [0.1, 0.15) is 0 Å². The molecular formula is C16H28N2. The fraction of sp³-hybridized carbons (Fsp3) is 0.625. The van der Waals surface area contributed by atoms with Gasteiger partial charge in [-0.1, -0.05) is 44.5 Å². The Hall–Kier alpha value is -0.860. The van der Waals surface area contributed by atoms with Crippen LogP contribution in [0.5, 0.6) is 0 Å². The van der Waals surface area contributed by atoms with Crippen molar-refractivity contribution in [2.75, 3.05) is 19.6 Å². The highest BCUT2D eigenvalue weighted by atomic mass is 15.1. The minimum atomic E-state index is 0.114. The van der Waals surface area contributed by atoms with E-state index in [0.717, 1.165) is 19.6 Å². The summed E-state index contributed by atoms with van der Waals surface area (Å²) in [6, 6.07) is 6.66. The van der Waals surface area contributed by atoms with Gasteiger partial charge in [0, 0.05) is 19.1 Å². The monoisotopic (exact) mass is 248 g/mol. The Labute approximate surface area is 112 Å². The molecule has 1 aromatic carbocycles. The third kappa shape index (κ3) is 4.43. The maximum atomic E-state index is 6.38. The van der Waals surface area contributed by atoms with Gasteiger partial charge in [-0.15, -0.1) is 0 Å². The summed E-state index contributed by atoms with van der Waals surface area (Å²) in [6.07, 6.45) is 0. The maximum absolute atomic E-state index is 6.38. The van der Waals surface area contributed by atoms with Crippen LogP contribution in [0.2, 0.25) is 0 Å². The molecule has 0 amide bonds. The Kier molecular flexibility index (Phi) is 5.83. The van der Waals surface area contributed by atoms with Gasteiger partial charge in [-0.2, -0.15) is 0 Å². The van der Waals surface area contributed by atoms with E-state index in [2.05, 4.69) is 57.7 Å². The van der Waals surface area contributed by atoms with E-state index in [4.69, 9.17) is 5.73 Å². The van der Waals surface area contributed by atoms with Crippen molar-refractivity contribution in [2.45, 2.75) is 40.7 Å². The van der Waals surface area contributed by atoms with E-state index in [1.807, 2.05) is 0 Å². The first-order valence-corrected chi connectivity index (χ1v) is 6.99. The van der Waals surface area contributed by atoms with Gasteiger partial charge in [0.15, 0.2) is 0 Å². The third-order valence-electron chi connectivity index (χ3n) is 3.36. The fourth-order valence-electron chi connectivity index (χ4n) is 2.39. The Morgan fingerprint density at radius 1 is 1.17 bits per heavy atom. The zero-order chi connectivity index (χ0) is 13.7. The average molecular weight is 248 g/mol. The summed E-state index contributed by atoms with van der Waals surface area (Å²) in [4.78, 5) is 2.44. The summed E-state index contributed by atoms with van der Waals surface area (Å²) in [5, 5.41) is 0. The van der Waals surface area contributed by atoms with Crippen LogP contribution in [0.1, 0.15) is 43.5 Å². The van der Waals surface area contributed by atoms with E-state index in [1.54, 1.807) is 0 Å². The summed E-state index contributed by atoms with van der Waals surface area (Å²) in [7, 11) is 0. The van der Waals surface area contributed by atoms with Crippen LogP contribution in [0.3, 0.4) is 0 Å². The molecule has 0 spiro atoms. The molecule has 0 aliphatic carbocycles. The number of hydrogen-bond acceptors (Lipinski definition) is 2. The van der Waals surface area contributed by atoms with Crippen molar-refractivity contribution in [3.05, 3.63) is 34.9 Å². The van der Waals surface area contributed by atoms with E-state index in [-0.39, 0.29) is 6.04 Å². The number of aryl methyl sites for hydroxylation is 2. The normalized spacial score (nSPS) is 13.3. The van der Waals surface area contributed by atoms with E-state index in [0.29, 0.717) is 5.92 Å². The van der Waals surface area contributed by atoms with Gasteiger partial charge in [0.05, 0.1) is 0 Å². The van der Waals surface area contributed by atoms with Crippen molar-refractivity contribution in [1.29, 1.82) is 0 Å². The van der Waals surface area contributed by atoms with Gasteiger partial charge in [0.25, 0.3) is 0 Å². The van der Waals surface area contributed by atoms with E-state index >= 15 is 0 Å². The molecule has 1 atom stereocenters. The molecular weight excluding hydrogens is 220 g/mol. The molecule has 0 radical (unpaired) electrons. The van der Waals surface area contributed by atoms with Crippen molar-refractivity contribution in [3.8, 4) is 0 Å². The van der Waals surface area contributed by atoms with Gasteiger partial charge in [-0.05, 0) is 37.4 Å². The molecule has 2 N–H and O–H groups in total. The second kappa shape index (κ2) is 6.91. The fourth-order valence-corrected chi connectivity index (χ4v) is 2.39. The van der Waals surface area contributed by atoms with E-state index < -0.39 is 0 Å². The van der Waals surface area contributed by atoms with Crippen molar-refractivity contribution in [2.24, 2.45) is 11.7 Å². The SMILES string of the molecule is CCN(CC(C)C)CC(N)c1cc(C)ccc1C. The molecule has 2 nitrogen and oxygen atoms in total. The van der Waals surface area contributed by atoms with Crippen LogP contribution in [0.25, 0.3) is 0 Å². The molecule has 1 unspecified atom stereocenters. The summed E-state index contributed by atoms with van der Waals surface area (Å²) in [5.41, 5.74) is 10.3. The molecule has 18 heavy (non-hydrogen) atoms. The molecule has 0 aliphatic rings. The lowest BCUT2D eigenvalue weighted by atomic mass is 9.99. The van der Waals surface area contributed by atoms with Gasteiger partial charge in [-0.3, -0.25) is 0 Å². The summed E-state index contributed by atoms with van der Waals surface area (Å²) >= 11 is 0. The van der Waals surface area contributed by atoms with E-state index in [1.165, 1.54) is 16.7 Å². The average Bonchev–Trinajstić information content (AvgIpc) is 2.30.